The van der Waals surface area contributed by atoms with Gasteiger partial charge in [-0.25, -0.2) is 13.1 Å². The Hall–Kier alpha value is -2.78. The molecule has 0 fully saturated rings. The average molecular weight is 405 g/mol. The predicted octanol–water partition coefficient (Wildman–Crippen LogP) is 2.66. The molecule has 0 aliphatic heterocycles. The molecule has 0 spiro atoms. The first-order valence-electron chi connectivity index (χ1n) is 8.69. The maximum absolute atomic E-state index is 12.5. The van der Waals surface area contributed by atoms with Crippen molar-refractivity contribution in [2.24, 2.45) is 0 Å². The summed E-state index contributed by atoms with van der Waals surface area (Å²) in [6, 6.07) is 11.0. The first-order valence-corrected chi connectivity index (χ1v) is 10.3. The smallest absolute Gasteiger partial charge is 0.273 e. The van der Waals surface area contributed by atoms with E-state index in [4.69, 9.17) is 0 Å². The van der Waals surface area contributed by atoms with Crippen LogP contribution in [0.2, 0.25) is 0 Å². The maximum Gasteiger partial charge on any atom is 0.273 e. The van der Waals surface area contributed by atoms with Gasteiger partial charge in [-0.3, -0.25) is 14.9 Å². The summed E-state index contributed by atoms with van der Waals surface area (Å²) in [6.45, 7) is 5.11. The number of hydrogen-bond acceptors (Lipinski definition) is 5. The number of amides is 1. The van der Waals surface area contributed by atoms with E-state index in [-0.39, 0.29) is 35.2 Å². The first-order chi connectivity index (χ1) is 13.1. The van der Waals surface area contributed by atoms with Crippen molar-refractivity contribution >= 4 is 21.6 Å². The normalized spacial score (nSPS) is 11.4. The summed E-state index contributed by atoms with van der Waals surface area (Å²) in [7, 11) is -3.51. The Morgan fingerprint density at radius 3 is 2.36 bits per heavy atom. The number of sulfonamides is 1. The molecule has 0 bridgehead atoms. The molecule has 0 atom stereocenters. The zero-order valence-electron chi connectivity index (χ0n) is 15.9. The van der Waals surface area contributed by atoms with E-state index >= 15 is 0 Å². The highest BCUT2D eigenvalue weighted by Gasteiger charge is 2.19. The summed E-state index contributed by atoms with van der Waals surface area (Å²) >= 11 is 0. The van der Waals surface area contributed by atoms with Crippen LogP contribution < -0.4 is 10.0 Å². The second-order valence-corrected chi connectivity index (χ2v) is 8.44. The lowest BCUT2D eigenvalue weighted by atomic mass is 10.1. The molecule has 9 heteroatoms. The van der Waals surface area contributed by atoms with Crippen molar-refractivity contribution < 1.29 is 18.1 Å². The summed E-state index contributed by atoms with van der Waals surface area (Å²) < 4.78 is 26.9. The minimum Gasteiger partial charge on any atom is -0.348 e. The number of nitrogens with one attached hydrogen (secondary N) is 2. The van der Waals surface area contributed by atoms with Gasteiger partial charge in [0.15, 0.2) is 0 Å². The van der Waals surface area contributed by atoms with Gasteiger partial charge in [-0.1, -0.05) is 30.3 Å². The molecule has 2 aromatic carbocycles. The van der Waals surface area contributed by atoms with E-state index in [0.717, 1.165) is 0 Å². The van der Waals surface area contributed by atoms with Crippen molar-refractivity contribution in [3.8, 4) is 0 Å². The van der Waals surface area contributed by atoms with Gasteiger partial charge < -0.3 is 5.32 Å². The molecule has 2 rings (SSSR count). The van der Waals surface area contributed by atoms with E-state index in [2.05, 4.69) is 10.0 Å². The van der Waals surface area contributed by atoms with E-state index < -0.39 is 20.9 Å². The van der Waals surface area contributed by atoms with E-state index in [1.807, 2.05) is 0 Å². The number of carbonyl (C=O) groups is 1. The Kier molecular flexibility index (Phi) is 6.87. The fourth-order valence-electron chi connectivity index (χ4n) is 2.81. The summed E-state index contributed by atoms with van der Waals surface area (Å²) in [6.07, 6.45) is 0. The van der Waals surface area contributed by atoms with Crippen LogP contribution in [-0.2, 0) is 22.3 Å². The van der Waals surface area contributed by atoms with Crippen molar-refractivity contribution in [1.82, 2.24) is 10.0 Å². The van der Waals surface area contributed by atoms with Crippen LogP contribution in [0.25, 0.3) is 0 Å². The largest absolute Gasteiger partial charge is 0.348 e. The molecule has 0 radical (unpaired) electrons. The molecule has 0 aliphatic carbocycles. The molecule has 2 N–H and O–H groups in total. The minimum absolute atomic E-state index is 0.105. The minimum atomic E-state index is -3.51. The molecule has 2 aromatic rings. The van der Waals surface area contributed by atoms with Crippen LogP contribution in [0.5, 0.6) is 0 Å². The summed E-state index contributed by atoms with van der Waals surface area (Å²) in [5.74, 6) is -0.660. The van der Waals surface area contributed by atoms with Crippen molar-refractivity contribution in [3.63, 3.8) is 0 Å². The van der Waals surface area contributed by atoms with Gasteiger partial charge in [0, 0.05) is 29.8 Å². The van der Waals surface area contributed by atoms with Crippen LogP contribution in [0, 0.1) is 17.0 Å². The lowest BCUT2D eigenvalue weighted by molar-refractivity contribution is -0.385. The maximum atomic E-state index is 12.5. The summed E-state index contributed by atoms with van der Waals surface area (Å²) in [4.78, 5) is 23.0. The topological polar surface area (TPSA) is 118 Å². The molecule has 28 heavy (non-hydrogen) atoms. The second-order valence-electron chi connectivity index (χ2n) is 6.69. The molecule has 0 heterocycles. The predicted molar refractivity (Wildman–Crippen MR) is 106 cm³/mol. The Bertz CT molecular complexity index is 987. The first kappa shape index (κ1) is 21.5. The third-order valence-corrected chi connectivity index (χ3v) is 5.59. The fourth-order valence-corrected chi connectivity index (χ4v) is 4.31. The van der Waals surface area contributed by atoms with Crippen LogP contribution >= 0.6 is 0 Å². The Morgan fingerprint density at radius 1 is 1.11 bits per heavy atom. The summed E-state index contributed by atoms with van der Waals surface area (Å²) in [5, 5.41) is 13.8. The average Bonchev–Trinajstić information content (AvgIpc) is 2.59. The van der Waals surface area contributed by atoms with Crippen LogP contribution in [-0.4, -0.2) is 25.3 Å². The van der Waals surface area contributed by atoms with Crippen LogP contribution in [0.1, 0.15) is 40.9 Å². The Balaban J connectivity index is 2.17. The zero-order valence-corrected chi connectivity index (χ0v) is 16.7. The lowest BCUT2D eigenvalue weighted by Crippen LogP contribution is -2.32. The van der Waals surface area contributed by atoms with E-state index in [9.17, 15) is 23.3 Å². The number of benzene rings is 2. The monoisotopic (exact) mass is 405 g/mol. The fraction of sp³-hybridized carbons (Fsp3) is 0.316. The van der Waals surface area contributed by atoms with Gasteiger partial charge in [-0.05, 0) is 38.0 Å². The molecule has 1 amide bonds. The number of rotatable bonds is 8. The van der Waals surface area contributed by atoms with Gasteiger partial charge >= 0.3 is 0 Å². The van der Waals surface area contributed by atoms with E-state index in [0.29, 0.717) is 11.1 Å². The third kappa shape index (κ3) is 5.61. The molecular weight excluding hydrogens is 382 g/mol. The standard InChI is InChI=1S/C19H23N3O5S/c1-13(2)21-28(26,27)12-16-8-5-4-7-15(16)11-20-19(23)17-9-6-10-18(14(17)3)22(24)25/h4-10,13,21H,11-12H2,1-3H3,(H,20,23). The molecule has 0 aromatic heterocycles. The SMILES string of the molecule is Cc1c(C(=O)NCc2ccccc2CS(=O)(=O)NC(C)C)cccc1[N+](=O)[O-]. The second kappa shape index (κ2) is 8.94. The van der Waals surface area contributed by atoms with Gasteiger partial charge in [-0.2, -0.15) is 0 Å². The van der Waals surface area contributed by atoms with Crippen LogP contribution in [0.3, 0.4) is 0 Å². The molecular formula is C19H23N3O5S. The van der Waals surface area contributed by atoms with E-state index in [1.54, 1.807) is 38.1 Å². The van der Waals surface area contributed by atoms with Crippen molar-refractivity contribution in [1.29, 1.82) is 0 Å². The van der Waals surface area contributed by atoms with Gasteiger partial charge in [0.2, 0.25) is 10.0 Å². The van der Waals surface area contributed by atoms with Crippen molar-refractivity contribution in [2.45, 2.75) is 39.1 Å². The van der Waals surface area contributed by atoms with Crippen molar-refractivity contribution in [2.75, 3.05) is 0 Å². The number of nitro groups is 1. The van der Waals surface area contributed by atoms with Crippen LogP contribution in [0.15, 0.2) is 42.5 Å². The zero-order chi connectivity index (χ0) is 20.9. The highest BCUT2D eigenvalue weighted by molar-refractivity contribution is 7.88. The van der Waals surface area contributed by atoms with E-state index in [1.165, 1.54) is 25.1 Å². The van der Waals surface area contributed by atoms with Crippen molar-refractivity contribution in [3.05, 3.63) is 74.8 Å². The molecule has 0 saturated carbocycles. The third-order valence-electron chi connectivity index (χ3n) is 4.07. The quantitative estimate of drug-likeness (QED) is 0.517. The number of nitrogens with zero attached hydrogens (tertiary/aromatic N) is 1. The van der Waals surface area contributed by atoms with Crippen LogP contribution in [0.4, 0.5) is 5.69 Å². The summed E-state index contributed by atoms with van der Waals surface area (Å²) in [5.41, 5.74) is 1.60. The molecule has 0 aliphatic rings. The number of nitro benzene ring substituents is 1. The van der Waals surface area contributed by atoms with Gasteiger partial charge in [-0.15, -0.1) is 0 Å². The number of hydrogen-bond donors (Lipinski definition) is 2. The van der Waals surface area contributed by atoms with Gasteiger partial charge in [0.25, 0.3) is 11.6 Å². The molecule has 8 nitrogen and oxygen atoms in total. The Labute approximate surface area is 164 Å². The lowest BCUT2D eigenvalue weighted by Gasteiger charge is -2.14. The molecule has 0 saturated heterocycles. The molecule has 150 valence electrons. The highest BCUT2D eigenvalue weighted by atomic mass is 32.2. The molecule has 0 unspecified atom stereocenters. The highest BCUT2D eigenvalue weighted by Crippen LogP contribution is 2.21. The number of carbonyl (C=O) groups excluding carboxylic acids is 1. The Morgan fingerprint density at radius 2 is 1.75 bits per heavy atom. The van der Waals surface area contributed by atoms with Gasteiger partial charge in [0.05, 0.1) is 10.7 Å². The van der Waals surface area contributed by atoms with Gasteiger partial charge in [0.1, 0.15) is 0 Å².